The van der Waals surface area contributed by atoms with Crippen molar-refractivity contribution in [2.45, 2.75) is 52.5 Å². The van der Waals surface area contributed by atoms with E-state index in [0.29, 0.717) is 6.04 Å². The third-order valence-electron chi connectivity index (χ3n) is 2.83. The van der Waals surface area contributed by atoms with E-state index in [1.54, 1.807) is 7.11 Å². The Balaban J connectivity index is 3.47. The molecule has 0 rings (SSSR count). The zero-order valence-electron chi connectivity index (χ0n) is 10.3. The Hall–Kier alpha value is -0.0800. The predicted octanol–water partition coefficient (Wildman–Crippen LogP) is 2.83. The Bertz CT molecular complexity index is 117. The monoisotopic (exact) mass is 201 g/mol. The highest BCUT2D eigenvalue weighted by Crippen LogP contribution is 2.11. The smallest absolute Gasteiger partial charge is 0.0474 e. The van der Waals surface area contributed by atoms with E-state index in [4.69, 9.17) is 4.74 Å². The topological polar surface area (TPSA) is 21.3 Å². The number of hydrogen-bond donors (Lipinski definition) is 1. The molecule has 0 heterocycles. The molecule has 2 nitrogen and oxygen atoms in total. The van der Waals surface area contributed by atoms with Crippen LogP contribution in [0.3, 0.4) is 0 Å². The van der Waals surface area contributed by atoms with Crippen LogP contribution in [0.15, 0.2) is 0 Å². The fourth-order valence-corrected chi connectivity index (χ4v) is 1.57. The maximum absolute atomic E-state index is 5.02. The summed E-state index contributed by atoms with van der Waals surface area (Å²) in [5, 5.41) is 3.59. The fourth-order valence-electron chi connectivity index (χ4n) is 1.57. The third kappa shape index (κ3) is 7.34. The minimum absolute atomic E-state index is 0.696. The van der Waals surface area contributed by atoms with Crippen LogP contribution in [-0.4, -0.2) is 26.3 Å². The lowest BCUT2D eigenvalue weighted by Crippen LogP contribution is -2.31. The molecule has 0 fully saturated rings. The normalized spacial score (nSPS) is 15.4. The molecule has 0 saturated carbocycles. The van der Waals surface area contributed by atoms with Crippen LogP contribution in [0, 0.1) is 5.92 Å². The molecule has 0 aromatic carbocycles. The molecule has 0 radical (unpaired) electrons. The van der Waals surface area contributed by atoms with E-state index in [0.717, 1.165) is 25.5 Å². The van der Waals surface area contributed by atoms with Gasteiger partial charge in [0.05, 0.1) is 0 Å². The summed E-state index contributed by atoms with van der Waals surface area (Å²) >= 11 is 0. The van der Waals surface area contributed by atoms with Crippen molar-refractivity contribution in [2.75, 3.05) is 20.3 Å². The van der Waals surface area contributed by atoms with Gasteiger partial charge in [-0.05, 0) is 31.7 Å². The molecule has 86 valence electrons. The number of rotatable bonds is 9. The van der Waals surface area contributed by atoms with Crippen molar-refractivity contribution < 1.29 is 4.74 Å². The van der Waals surface area contributed by atoms with Crippen LogP contribution < -0.4 is 5.32 Å². The molecule has 2 atom stereocenters. The summed E-state index contributed by atoms with van der Waals surface area (Å²) in [5.74, 6) is 0.842. The van der Waals surface area contributed by atoms with E-state index in [1.165, 1.54) is 19.3 Å². The maximum Gasteiger partial charge on any atom is 0.0474 e. The third-order valence-corrected chi connectivity index (χ3v) is 2.83. The van der Waals surface area contributed by atoms with Gasteiger partial charge in [-0.25, -0.2) is 0 Å². The lowest BCUT2D eigenvalue weighted by molar-refractivity contribution is 0.192. The molecule has 2 heteroatoms. The van der Waals surface area contributed by atoms with E-state index < -0.39 is 0 Å². The predicted molar refractivity (Wildman–Crippen MR) is 62.6 cm³/mol. The zero-order chi connectivity index (χ0) is 10.8. The summed E-state index contributed by atoms with van der Waals surface area (Å²) in [6.45, 7) is 8.81. The minimum atomic E-state index is 0.696. The standard InChI is InChI=1S/C12H27NO/c1-5-11(3)10-12(6-2)13-8-7-9-14-4/h11-13H,5-10H2,1-4H3. The van der Waals surface area contributed by atoms with Gasteiger partial charge >= 0.3 is 0 Å². The highest BCUT2D eigenvalue weighted by molar-refractivity contribution is 4.67. The van der Waals surface area contributed by atoms with E-state index in [-0.39, 0.29) is 0 Å². The van der Waals surface area contributed by atoms with Gasteiger partial charge in [0, 0.05) is 19.8 Å². The first kappa shape index (κ1) is 13.9. The van der Waals surface area contributed by atoms with Crippen LogP contribution in [0.1, 0.15) is 46.5 Å². The summed E-state index contributed by atoms with van der Waals surface area (Å²) in [5.41, 5.74) is 0. The van der Waals surface area contributed by atoms with Crippen LogP contribution in [0.25, 0.3) is 0 Å². The molecule has 0 amide bonds. The first-order chi connectivity index (χ1) is 6.74. The maximum atomic E-state index is 5.02. The number of ether oxygens (including phenoxy) is 1. The molecule has 0 aliphatic rings. The van der Waals surface area contributed by atoms with E-state index in [9.17, 15) is 0 Å². The summed E-state index contributed by atoms with van der Waals surface area (Å²) < 4.78 is 5.02. The highest BCUT2D eigenvalue weighted by atomic mass is 16.5. The second-order valence-corrected chi connectivity index (χ2v) is 4.15. The van der Waals surface area contributed by atoms with Crippen LogP contribution >= 0.6 is 0 Å². The van der Waals surface area contributed by atoms with E-state index in [2.05, 4.69) is 26.1 Å². The van der Waals surface area contributed by atoms with Gasteiger partial charge in [-0.1, -0.05) is 27.2 Å². The van der Waals surface area contributed by atoms with Crippen LogP contribution in [0.2, 0.25) is 0 Å². The van der Waals surface area contributed by atoms with Crippen LogP contribution in [-0.2, 0) is 4.74 Å². The average molecular weight is 201 g/mol. The van der Waals surface area contributed by atoms with Gasteiger partial charge in [0.1, 0.15) is 0 Å². The lowest BCUT2D eigenvalue weighted by atomic mass is 9.98. The Morgan fingerprint density at radius 2 is 1.93 bits per heavy atom. The average Bonchev–Trinajstić information content (AvgIpc) is 2.22. The molecule has 0 aliphatic carbocycles. The molecule has 0 saturated heterocycles. The molecular weight excluding hydrogens is 174 g/mol. The largest absolute Gasteiger partial charge is 0.385 e. The van der Waals surface area contributed by atoms with Gasteiger partial charge in [0.25, 0.3) is 0 Å². The summed E-state index contributed by atoms with van der Waals surface area (Å²) in [6.07, 6.45) is 4.95. The molecule has 2 unspecified atom stereocenters. The van der Waals surface area contributed by atoms with Crippen molar-refractivity contribution in [3.8, 4) is 0 Å². The molecule has 0 bridgehead atoms. The first-order valence-corrected chi connectivity index (χ1v) is 5.96. The lowest BCUT2D eigenvalue weighted by Gasteiger charge is -2.20. The molecule has 14 heavy (non-hydrogen) atoms. The second-order valence-electron chi connectivity index (χ2n) is 4.15. The zero-order valence-corrected chi connectivity index (χ0v) is 10.3. The van der Waals surface area contributed by atoms with Crippen LogP contribution in [0.4, 0.5) is 0 Å². The Kier molecular flexibility index (Phi) is 9.42. The van der Waals surface area contributed by atoms with Crippen LogP contribution in [0.5, 0.6) is 0 Å². The summed E-state index contributed by atoms with van der Waals surface area (Å²) in [4.78, 5) is 0. The second kappa shape index (κ2) is 9.47. The highest BCUT2D eigenvalue weighted by Gasteiger charge is 2.08. The Morgan fingerprint density at radius 3 is 2.43 bits per heavy atom. The van der Waals surface area contributed by atoms with Gasteiger partial charge in [-0.2, -0.15) is 0 Å². The minimum Gasteiger partial charge on any atom is -0.385 e. The van der Waals surface area contributed by atoms with E-state index >= 15 is 0 Å². The SMILES string of the molecule is CCC(C)CC(CC)NCCCOC. The van der Waals surface area contributed by atoms with Crippen molar-refractivity contribution in [3.63, 3.8) is 0 Å². The molecule has 0 aromatic heterocycles. The molecular formula is C12H27NO. The van der Waals surface area contributed by atoms with Gasteiger partial charge in [0.2, 0.25) is 0 Å². The first-order valence-electron chi connectivity index (χ1n) is 5.96. The van der Waals surface area contributed by atoms with Gasteiger partial charge in [-0.3, -0.25) is 0 Å². The number of nitrogens with one attached hydrogen (secondary N) is 1. The molecule has 1 N–H and O–H groups in total. The van der Waals surface area contributed by atoms with Crippen molar-refractivity contribution in [3.05, 3.63) is 0 Å². The van der Waals surface area contributed by atoms with Crippen molar-refractivity contribution in [1.82, 2.24) is 5.32 Å². The molecule has 0 spiro atoms. The van der Waals surface area contributed by atoms with Gasteiger partial charge in [-0.15, -0.1) is 0 Å². The van der Waals surface area contributed by atoms with Gasteiger partial charge in [0.15, 0.2) is 0 Å². The van der Waals surface area contributed by atoms with Gasteiger partial charge < -0.3 is 10.1 Å². The summed E-state index contributed by atoms with van der Waals surface area (Å²) in [6, 6.07) is 0.696. The Labute approximate surface area is 89.4 Å². The van der Waals surface area contributed by atoms with Crippen molar-refractivity contribution >= 4 is 0 Å². The van der Waals surface area contributed by atoms with E-state index in [1.807, 2.05) is 0 Å². The molecule has 0 aromatic rings. The summed E-state index contributed by atoms with van der Waals surface area (Å²) in [7, 11) is 1.76. The van der Waals surface area contributed by atoms with Crippen molar-refractivity contribution in [1.29, 1.82) is 0 Å². The molecule has 0 aliphatic heterocycles. The number of methoxy groups -OCH3 is 1. The van der Waals surface area contributed by atoms with Crippen molar-refractivity contribution in [2.24, 2.45) is 5.92 Å². The quantitative estimate of drug-likeness (QED) is 0.579. The fraction of sp³-hybridized carbons (Fsp3) is 1.00. The Morgan fingerprint density at radius 1 is 1.21 bits per heavy atom. The number of hydrogen-bond acceptors (Lipinski definition) is 2.